The van der Waals surface area contributed by atoms with E-state index in [-0.39, 0.29) is 0 Å². The van der Waals surface area contributed by atoms with Crippen molar-refractivity contribution in [2.45, 2.75) is 5.41 Å². The highest BCUT2D eigenvalue weighted by atomic mass is 15.1. The number of hydrogen-bond acceptors (Lipinski definition) is 1. The fraction of sp³-hybridized carbons (Fsp3) is 0.0189. The molecular weight excluding hydrogens is 665 g/mol. The summed E-state index contributed by atoms with van der Waals surface area (Å²) >= 11 is 0. The number of fused-ring (bicyclic) bond motifs is 13. The number of rotatable bonds is 4. The Balaban J connectivity index is 1.18. The van der Waals surface area contributed by atoms with Gasteiger partial charge in [0.1, 0.15) is 0 Å². The third kappa shape index (κ3) is 4.03. The molecule has 2 aliphatic rings. The van der Waals surface area contributed by atoms with Gasteiger partial charge < -0.3 is 9.47 Å². The second-order valence-electron chi connectivity index (χ2n) is 14.8. The maximum absolute atomic E-state index is 2.51. The summed E-state index contributed by atoms with van der Waals surface area (Å²) in [7, 11) is 0. The number of aromatic nitrogens is 1. The van der Waals surface area contributed by atoms with Crippen LogP contribution in [0.5, 0.6) is 0 Å². The van der Waals surface area contributed by atoms with Crippen LogP contribution in [0, 0.1) is 0 Å². The quantitative estimate of drug-likeness (QED) is 0.178. The van der Waals surface area contributed by atoms with Crippen LogP contribution in [0.1, 0.15) is 22.3 Å². The Hall–Kier alpha value is -7.16. The van der Waals surface area contributed by atoms with Crippen molar-refractivity contribution < 1.29 is 0 Å². The van der Waals surface area contributed by atoms with Crippen LogP contribution in [0.3, 0.4) is 0 Å². The van der Waals surface area contributed by atoms with Crippen LogP contribution in [0.15, 0.2) is 206 Å². The van der Waals surface area contributed by atoms with E-state index in [0.717, 1.165) is 17.1 Å². The molecule has 2 heteroatoms. The lowest BCUT2D eigenvalue weighted by molar-refractivity contribution is 0.748. The Morgan fingerprint density at radius 1 is 0.382 bits per heavy atom. The molecule has 0 bridgehead atoms. The Labute approximate surface area is 319 Å². The van der Waals surface area contributed by atoms with Crippen molar-refractivity contribution in [1.82, 2.24) is 4.57 Å². The lowest BCUT2D eigenvalue weighted by Crippen LogP contribution is -2.33. The van der Waals surface area contributed by atoms with Crippen LogP contribution in [-0.4, -0.2) is 4.57 Å². The minimum Gasteiger partial charge on any atom is -0.309 e. The molecule has 55 heavy (non-hydrogen) atoms. The topological polar surface area (TPSA) is 8.17 Å². The van der Waals surface area contributed by atoms with Gasteiger partial charge in [-0.15, -0.1) is 0 Å². The first-order chi connectivity index (χ1) is 27.3. The summed E-state index contributed by atoms with van der Waals surface area (Å²) in [6, 6.07) is 76.3. The van der Waals surface area contributed by atoms with Gasteiger partial charge in [0.2, 0.25) is 0 Å². The molecule has 1 aliphatic carbocycles. The van der Waals surface area contributed by atoms with Crippen LogP contribution < -0.4 is 4.90 Å². The van der Waals surface area contributed by atoms with Crippen LogP contribution >= 0.6 is 0 Å². The molecule has 0 fully saturated rings. The van der Waals surface area contributed by atoms with Gasteiger partial charge in [0.05, 0.1) is 33.5 Å². The Morgan fingerprint density at radius 2 is 1.00 bits per heavy atom. The van der Waals surface area contributed by atoms with Gasteiger partial charge in [-0.3, -0.25) is 0 Å². The molecule has 2 heterocycles. The summed E-state index contributed by atoms with van der Waals surface area (Å²) in [4.78, 5) is 2.48. The van der Waals surface area contributed by atoms with Crippen molar-refractivity contribution in [2.75, 3.05) is 4.90 Å². The average molecular weight is 699 g/mol. The molecule has 2 nitrogen and oxygen atoms in total. The Bertz CT molecular complexity index is 3170. The van der Waals surface area contributed by atoms with Crippen molar-refractivity contribution in [3.63, 3.8) is 0 Å². The van der Waals surface area contributed by atoms with Crippen LogP contribution in [-0.2, 0) is 5.41 Å². The van der Waals surface area contributed by atoms with Crippen molar-refractivity contribution in [2.24, 2.45) is 0 Å². The SMILES string of the molecule is c1ccc(-c2ccccc2N(c2ccc3c(c2)-c2ccccc2C32c3ccccc3-n3c4ccccc4c4cccc2c43)c2cccc3ccccc23)cc1. The first kappa shape index (κ1) is 30.3. The summed E-state index contributed by atoms with van der Waals surface area (Å²) in [5.41, 5.74) is 17.0. The average Bonchev–Trinajstić information content (AvgIpc) is 3.75. The standard InChI is InChI=1S/C53H34N2/c1-2-16-35(17-3-1)38-21-7-11-28-48(38)54(49-31-14-19-36-18-4-5-20-39(36)49)37-32-33-45-43(34-37)40-22-6-9-25-44(40)53(45)46-26-10-13-30-51(46)55-50-29-12-8-23-41(50)42-24-15-27-47(53)52(42)55/h1-34H. The zero-order valence-electron chi connectivity index (χ0n) is 30.0. The predicted molar refractivity (Wildman–Crippen MR) is 229 cm³/mol. The van der Waals surface area contributed by atoms with E-state index in [9.17, 15) is 0 Å². The van der Waals surface area contributed by atoms with Crippen molar-refractivity contribution >= 4 is 49.6 Å². The fourth-order valence-electron chi connectivity index (χ4n) is 10.0. The highest BCUT2D eigenvalue weighted by molar-refractivity contribution is 6.13. The number of anilines is 3. The number of para-hydroxylation sites is 4. The van der Waals surface area contributed by atoms with Gasteiger partial charge in [0, 0.05) is 27.4 Å². The molecular formula is C53H34N2. The molecule has 0 N–H and O–H groups in total. The molecule has 1 aromatic heterocycles. The lowest BCUT2D eigenvalue weighted by atomic mass is 9.65. The summed E-state index contributed by atoms with van der Waals surface area (Å²) in [5, 5.41) is 5.01. The fourth-order valence-corrected chi connectivity index (χ4v) is 10.0. The molecule has 0 saturated carbocycles. The summed E-state index contributed by atoms with van der Waals surface area (Å²) in [5.74, 6) is 0. The first-order valence-corrected chi connectivity index (χ1v) is 19.1. The highest BCUT2D eigenvalue weighted by Gasteiger charge is 2.50. The van der Waals surface area contributed by atoms with Crippen molar-refractivity contribution in [3.05, 3.63) is 229 Å². The smallest absolute Gasteiger partial charge is 0.0754 e. The summed E-state index contributed by atoms with van der Waals surface area (Å²) < 4.78 is 2.51. The normalized spacial score (nSPS) is 15.0. The van der Waals surface area contributed by atoms with Gasteiger partial charge in [-0.25, -0.2) is 0 Å². The number of nitrogens with zero attached hydrogens (tertiary/aromatic N) is 2. The van der Waals surface area contributed by atoms with E-state index in [0.29, 0.717) is 0 Å². The van der Waals surface area contributed by atoms with Gasteiger partial charge in [-0.2, -0.15) is 0 Å². The van der Waals surface area contributed by atoms with Crippen LogP contribution in [0.25, 0.3) is 60.5 Å². The first-order valence-electron chi connectivity index (χ1n) is 19.1. The van der Waals surface area contributed by atoms with Crippen LogP contribution in [0.4, 0.5) is 17.1 Å². The molecule has 1 unspecified atom stereocenters. The van der Waals surface area contributed by atoms with Crippen LogP contribution in [0.2, 0.25) is 0 Å². The van der Waals surface area contributed by atoms with E-state index >= 15 is 0 Å². The minimum atomic E-state index is -0.489. The minimum absolute atomic E-state index is 0.489. The number of hydrogen-bond donors (Lipinski definition) is 0. The lowest BCUT2D eigenvalue weighted by Gasteiger charge is -2.39. The Kier molecular flexibility index (Phi) is 6.29. The van der Waals surface area contributed by atoms with Crippen molar-refractivity contribution in [3.8, 4) is 27.9 Å². The third-order valence-electron chi connectivity index (χ3n) is 12.2. The van der Waals surface area contributed by atoms with E-state index in [2.05, 4.69) is 216 Å². The second-order valence-corrected chi connectivity index (χ2v) is 14.8. The molecule has 9 aromatic carbocycles. The van der Waals surface area contributed by atoms with Gasteiger partial charge in [0.25, 0.3) is 0 Å². The predicted octanol–water partition coefficient (Wildman–Crippen LogP) is 13.8. The van der Waals surface area contributed by atoms with E-state index < -0.39 is 5.41 Å². The molecule has 1 aliphatic heterocycles. The molecule has 0 amide bonds. The largest absolute Gasteiger partial charge is 0.309 e. The molecule has 10 aromatic rings. The maximum Gasteiger partial charge on any atom is 0.0754 e. The monoisotopic (exact) mass is 698 g/mol. The van der Waals surface area contributed by atoms with E-state index in [1.54, 1.807) is 0 Å². The second kappa shape index (κ2) is 11.4. The molecule has 0 saturated heterocycles. The Morgan fingerprint density at radius 3 is 1.91 bits per heavy atom. The molecule has 1 spiro atoms. The molecule has 0 radical (unpaired) electrons. The van der Waals surface area contributed by atoms with Gasteiger partial charge >= 0.3 is 0 Å². The summed E-state index contributed by atoms with van der Waals surface area (Å²) in [6.07, 6.45) is 0. The zero-order chi connectivity index (χ0) is 36.1. The van der Waals surface area contributed by atoms with E-state index in [1.165, 1.54) is 82.8 Å². The summed E-state index contributed by atoms with van der Waals surface area (Å²) in [6.45, 7) is 0. The van der Waals surface area contributed by atoms with Gasteiger partial charge in [0.15, 0.2) is 0 Å². The maximum atomic E-state index is 2.51. The number of benzene rings is 9. The zero-order valence-corrected chi connectivity index (χ0v) is 30.0. The van der Waals surface area contributed by atoms with Gasteiger partial charge in [-0.05, 0) is 80.7 Å². The van der Waals surface area contributed by atoms with Gasteiger partial charge in [-0.1, -0.05) is 170 Å². The van der Waals surface area contributed by atoms with Crippen molar-refractivity contribution in [1.29, 1.82) is 0 Å². The third-order valence-corrected chi connectivity index (χ3v) is 12.2. The van der Waals surface area contributed by atoms with E-state index in [4.69, 9.17) is 0 Å². The molecule has 256 valence electrons. The van der Waals surface area contributed by atoms with E-state index in [1.807, 2.05) is 0 Å². The highest BCUT2D eigenvalue weighted by Crippen LogP contribution is 2.61. The molecule has 12 rings (SSSR count). The molecule has 1 atom stereocenters.